The third-order valence-corrected chi connectivity index (χ3v) is 8.74. The van der Waals surface area contributed by atoms with Crippen molar-refractivity contribution in [2.75, 3.05) is 13.1 Å². The van der Waals surface area contributed by atoms with Crippen LogP contribution in [0.15, 0.2) is 60.9 Å². The number of benzene rings is 2. The molecular formula is C32H36N8O5. The van der Waals surface area contributed by atoms with Gasteiger partial charge in [0.1, 0.15) is 30.5 Å². The molecule has 3 N–H and O–H groups in total. The van der Waals surface area contributed by atoms with Gasteiger partial charge < -0.3 is 25.8 Å². The number of nitrogens with zero attached hydrogens (tertiary/aromatic N) is 5. The van der Waals surface area contributed by atoms with E-state index in [1.807, 2.05) is 30.3 Å². The molecule has 3 aliphatic rings. The molecule has 13 nitrogen and oxygen atoms in total. The smallest absolute Gasteiger partial charge is 0.254 e. The van der Waals surface area contributed by atoms with Crippen molar-refractivity contribution in [3.8, 4) is 5.69 Å². The first-order valence-corrected chi connectivity index (χ1v) is 15.3. The van der Waals surface area contributed by atoms with Gasteiger partial charge in [-0.1, -0.05) is 42.5 Å². The first-order valence-electron chi connectivity index (χ1n) is 15.3. The van der Waals surface area contributed by atoms with E-state index in [4.69, 9.17) is 0 Å². The van der Waals surface area contributed by atoms with Crippen LogP contribution in [0.5, 0.6) is 0 Å². The number of rotatable bonds is 2. The van der Waals surface area contributed by atoms with E-state index in [0.29, 0.717) is 50.3 Å². The third kappa shape index (κ3) is 6.15. The molecule has 4 heterocycles. The quantitative estimate of drug-likeness (QED) is 0.385. The standard InChI is InChI=1S/C32H36N8O5/c1-20-28(41)33-18-27-37-34-19-40(27)24-12-6-5-11-22(24)29(42)36-23(17-21-9-3-2-4-10-21)31(44)39-16-8-14-26(39)32(45)38-15-7-13-25(38)30(43)35-20/h2-6,9-12,19-20,23,25-26H,7-8,13-18H2,1H3,(H,33,41)(H,35,43)(H,36,42)/t20-,23-,25-,26-/m0/s1. The average Bonchev–Trinajstić information content (AvgIpc) is 3.84. The van der Waals surface area contributed by atoms with Crippen molar-refractivity contribution in [1.29, 1.82) is 0 Å². The van der Waals surface area contributed by atoms with Crippen LogP contribution in [0.25, 0.3) is 5.69 Å². The maximum Gasteiger partial charge on any atom is 0.254 e. The minimum Gasteiger partial charge on any atom is -0.347 e. The van der Waals surface area contributed by atoms with Crippen LogP contribution < -0.4 is 16.0 Å². The van der Waals surface area contributed by atoms with Gasteiger partial charge in [-0.25, -0.2) is 0 Å². The summed E-state index contributed by atoms with van der Waals surface area (Å²) >= 11 is 0. The Bertz CT molecular complexity index is 1610. The Morgan fingerprint density at radius 2 is 1.49 bits per heavy atom. The zero-order valence-corrected chi connectivity index (χ0v) is 25.0. The van der Waals surface area contributed by atoms with Crippen molar-refractivity contribution < 1.29 is 24.0 Å². The van der Waals surface area contributed by atoms with E-state index in [1.165, 1.54) is 11.2 Å². The Hall–Kier alpha value is -5.07. The maximum atomic E-state index is 14.3. The van der Waals surface area contributed by atoms with Crippen molar-refractivity contribution in [2.24, 2.45) is 0 Å². The fourth-order valence-corrected chi connectivity index (χ4v) is 6.42. The zero-order chi connectivity index (χ0) is 31.5. The van der Waals surface area contributed by atoms with Crippen molar-refractivity contribution in [3.05, 3.63) is 77.9 Å². The molecule has 3 aliphatic heterocycles. The summed E-state index contributed by atoms with van der Waals surface area (Å²) in [5, 5.41) is 16.6. The highest BCUT2D eigenvalue weighted by Gasteiger charge is 2.44. The highest BCUT2D eigenvalue weighted by molar-refractivity contribution is 6.01. The van der Waals surface area contributed by atoms with E-state index >= 15 is 0 Å². The van der Waals surface area contributed by atoms with E-state index in [1.54, 1.807) is 40.7 Å². The summed E-state index contributed by atoms with van der Waals surface area (Å²) in [6.45, 7) is 2.30. The molecule has 3 aromatic rings. The predicted molar refractivity (Wildman–Crippen MR) is 162 cm³/mol. The van der Waals surface area contributed by atoms with E-state index in [0.717, 1.165) is 5.56 Å². The third-order valence-electron chi connectivity index (χ3n) is 8.74. The zero-order valence-electron chi connectivity index (χ0n) is 25.0. The number of para-hydroxylation sites is 1. The lowest BCUT2D eigenvalue weighted by Gasteiger charge is -2.33. The SMILES string of the molecule is C[C@@H]1NC(=O)[C@@H]2CCCN2C(=O)[C@@H]2CCCN2C(=O)[C@H](Cc2ccccc2)NC(=O)c2ccccc2-n2cnnc2CNC1=O. The molecule has 6 rings (SSSR count). The summed E-state index contributed by atoms with van der Waals surface area (Å²) < 4.78 is 1.60. The second-order valence-electron chi connectivity index (χ2n) is 11.7. The number of hydrogen-bond acceptors (Lipinski definition) is 7. The van der Waals surface area contributed by atoms with Crippen LogP contribution in [0, 0.1) is 0 Å². The molecule has 0 unspecified atom stereocenters. The molecule has 5 amide bonds. The lowest BCUT2D eigenvalue weighted by Crippen LogP contribution is -2.57. The number of aromatic nitrogens is 3. The van der Waals surface area contributed by atoms with Crippen LogP contribution in [0.3, 0.4) is 0 Å². The lowest BCUT2D eigenvalue weighted by molar-refractivity contribution is -0.147. The normalized spacial score (nSPS) is 24.7. The van der Waals surface area contributed by atoms with Crippen molar-refractivity contribution in [1.82, 2.24) is 40.5 Å². The number of hydrogen-bond donors (Lipinski definition) is 3. The monoisotopic (exact) mass is 612 g/mol. The summed E-state index contributed by atoms with van der Waals surface area (Å²) in [5.41, 5.74) is 1.60. The summed E-state index contributed by atoms with van der Waals surface area (Å²) in [5.74, 6) is -1.61. The Kier molecular flexibility index (Phi) is 8.58. The van der Waals surface area contributed by atoms with Gasteiger partial charge in [-0.05, 0) is 50.3 Å². The van der Waals surface area contributed by atoms with Gasteiger partial charge in [0.05, 0.1) is 17.8 Å². The highest BCUT2D eigenvalue weighted by atomic mass is 16.2. The minimum atomic E-state index is -0.957. The number of amides is 5. The Morgan fingerprint density at radius 3 is 2.27 bits per heavy atom. The van der Waals surface area contributed by atoms with Crippen molar-refractivity contribution in [2.45, 2.75) is 69.7 Å². The Labute approximate surface area is 260 Å². The molecule has 2 saturated heterocycles. The van der Waals surface area contributed by atoms with Gasteiger partial charge in [0.2, 0.25) is 23.6 Å². The average molecular weight is 613 g/mol. The second-order valence-corrected chi connectivity index (χ2v) is 11.7. The fraction of sp³-hybridized carbons (Fsp3) is 0.406. The summed E-state index contributed by atoms with van der Waals surface area (Å²) in [6.07, 6.45) is 3.84. The number of fused-ring (bicyclic) bond motifs is 5. The van der Waals surface area contributed by atoms with Crippen LogP contribution in [0.2, 0.25) is 0 Å². The van der Waals surface area contributed by atoms with Gasteiger partial charge in [0.15, 0.2) is 5.82 Å². The van der Waals surface area contributed by atoms with Gasteiger partial charge in [0.25, 0.3) is 5.91 Å². The molecule has 234 valence electrons. The molecule has 2 fully saturated rings. The number of carbonyl (C=O) groups is 5. The number of nitrogens with one attached hydrogen (secondary N) is 3. The van der Waals surface area contributed by atoms with Crippen LogP contribution in [0.1, 0.15) is 54.4 Å². The van der Waals surface area contributed by atoms with E-state index in [9.17, 15) is 24.0 Å². The van der Waals surface area contributed by atoms with Crippen molar-refractivity contribution in [3.63, 3.8) is 0 Å². The maximum absolute atomic E-state index is 14.3. The largest absolute Gasteiger partial charge is 0.347 e. The molecule has 45 heavy (non-hydrogen) atoms. The first kappa shape index (κ1) is 30.0. The van der Waals surface area contributed by atoms with Crippen LogP contribution >= 0.6 is 0 Å². The number of carbonyl (C=O) groups excluding carboxylic acids is 5. The van der Waals surface area contributed by atoms with Gasteiger partial charge in [-0.2, -0.15) is 0 Å². The van der Waals surface area contributed by atoms with Crippen LogP contribution in [-0.4, -0.2) is 91.4 Å². The molecule has 4 atom stereocenters. The molecule has 13 heteroatoms. The summed E-state index contributed by atoms with van der Waals surface area (Å²) in [6, 6.07) is 12.9. The molecule has 1 aromatic heterocycles. The molecule has 0 saturated carbocycles. The van der Waals surface area contributed by atoms with Gasteiger partial charge in [0, 0.05) is 19.5 Å². The topological polar surface area (TPSA) is 159 Å². The molecule has 2 aromatic carbocycles. The Balaban J connectivity index is 1.39. The molecule has 0 aliphatic carbocycles. The minimum absolute atomic E-state index is 0.0191. The predicted octanol–water partition coefficient (Wildman–Crippen LogP) is 0.725. The van der Waals surface area contributed by atoms with Gasteiger partial charge in [-0.15, -0.1) is 10.2 Å². The summed E-state index contributed by atoms with van der Waals surface area (Å²) in [4.78, 5) is 71.5. The van der Waals surface area contributed by atoms with E-state index < -0.39 is 41.9 Å². The molecular weight excluding hydrogens is 576 g/mol. The Morgan fingerprint density at radius 1 is 0.800 bits per heavy atom. The van der Waals surface area contributed by atoms with Gasteiger partial charge in [-0.3, -0.25) is 28.5 Å². The van der Waals surface area contributed by atoms with Crippen LogP contribution in [0.4, 0.5) is 0 Å². The van der Waals surface area contributed by atoms with E-state index in [2.05, 4.69) is 26.1 Å². The van der Waals surface area contributed by atoms with Crippen LogP contribution in [-0.2, 0) is 32.1 Å². The molecule has 0 radical (unpaired) electrons. The van der Waals surface area contributed by atoms with E-state index in [-0.39, 0.29) is 30.3 Å². The highest BCUT2D eigenvalue weighted by Crippen LogP contribution is 2.26. The fourth-order valence-electron chi connectivity index (χ4n) is 6.42. The molecule has 0 spiro atoms. The molecule has 0 bridgehead atoms. The summed E-state index contributed by atoms with van der Waals surface area (Å²) in [7, 11) is 0. The van der Waals surface area contributed by atoms with Crippen molar-refractivity contribution >= 4 is 29.5 Å². The first-order chi connectivity index (χ1) is 21.8. The van der Waals surface area contributed by atoms with Gasteiger partial charge >= 0.3 is 0 Å². The second kappa shape index (κ2) is 12.9. The lowest BCUT2D eigenvalue weighted by atomic mass is 10.0.